The fourth-order valence-electron chi connectivity index (χ4n) is 2.97. The van der Waals surface area contributed by atoms with Gasteiger partial charge in [0, 0.05) is 17.9 Å². The van der Waals surface area contributed by atoms with Crippen LogP contribution in [0.25, 0.3) is 0 Å². The molecule has 0 amide bonds. The minimum absolute atomic E-state index is 0.349. The highest BCUT2D eigenvalue weighted by molar-refractivity contribution is 6.61. The first kappa shape index (κ1) is 17.0. The number of hydrogen-bond acceptors (Lipinski definition) is 5. The first-order valence-electron chi connectivity index (χ1n) is 8.14. The van der Waals surface area contributed by atoms with Gasteiger partial charge in [0.05, 0.1) is 24.4 Å². The molecule has 3 rings (SSSR count). The highest BCUT2D eigenvalue weighted by Gasteiger charge is 2.52. The lowest BCUT2D eigenvalue weighted by Crippen LogP contribution is -2.41. The van der Waals surface area contributed by atoms with Crippen LogP contribution < -0.4 is 5.46 Å². The van der Waals surface area contributed by atoms with Crippen molar-refractivity contribution in [3.05, 3.63) is 12.4 Å². The molecule has 7 heteroatoms. The van der Waals surface area contributed by atoms with E-state index < -0.39 is 12.9 Å². The molecule has 3 heterocycles. The third-order valence-corrected chi connectivity index (χ3v) is 4.89. The third-order valence-electron chi connectivity index (χ3n) is 4.89. The third kappa shape index (κ3) is 3.20. The van der Waals surface area contributed by atoms with Crippen LogP contribution in [0.5, 0.6) is 0 Å². The predicted molar refractivity (Wildman–Crippen MR) is 87.5 cm³/mol. The molecule has 2 aliphatic heterocycles. The van der Waals surface area contributed by atoms with Gasteiger partial charge in [0.1, 0.15) is 5.60 Å². The summed E-state index contributed by atoms with van der Waals surface area (Å²) in [6, 6.07) is 0. The van der Waals surface area contributed by atoms with Gasteiger partial charge in [-0.15, -0.1) is 0 Å². The summed E-state index contributed by atoms with van der Waals surface area (Å²) in [5.74, 6) is -0.545. The molecule has 23 heavy (non-hydrogen) atoms. The summed E-state index contributed by atoms with van der Waals surface area (Å²) >= 11 is 0. The largest absolute Gasteiger partial charge is 0.498 e. The Morgan fingerprint density at radius 1 is 1.09 bits per heavy atom. The summed E-state index contributed by atoms with van der Waals surface area (Å²) in [6.07, 6.45) is 3.76. The standard InChI is InChI=1S/C16H27BN2O4/c1-13(2)14(3,4)23-17(22-13)12-8-18-19(9-12)10-16(7)11-20-15(5,6)21-16/h8-9H,10-11H2,1-7H3. The zero-order valence-electron chi connectivity index (χ0n) is 15.2. The van der Waals surface area contributed by atoms with Crippen LogP contribution in [0, 0.1) is 0 Å². The van der Waals surface area contributed by atoms with E-state index in [2.05, 4.69) is 5.10 Å². The van der Waals surface area contributed by atoms with Gasteiger partial charge in [0.15, 0.2) is 5.79 Å². The lowest BCUT2D eigenvalue weighted by molar-refractivity contribution is -0.160. The Bertz CT molecular complexity index is 583. The second kappa shape index (κ2) is 5.05. The second-order valence-corrected chi connectivity index (χ2v) is 8.30. The normalized spacial score (nSPS) is 31.7. The van der Waals surface area contributed by atoms with E-state index in [0.717, 1.165) is 5.46 Å². The Balaban J connectivity index is 1.70. The number of aromatic nitrogens is 2. The van der Waals surface area contributed by atoms with E-state index >= 15 is 0 Å². The topological polar surface area (TPSA) is 54.7 Å². The average Bonchev–Trinajstić information content (AvgIpc) is 2.98. The molecule has 1 unspecified atom stereocenters. The molecule has 0 spiro atoms. The molecule has 0 saturated carbocycles. The van der Waals surface area contributed by atoms with E-state index in [1.165, 1.54) is 0 Å². The van der Waals surface area contributed by atoms with Crippen molar-refractivity contribution in [1.82, 2.24) is 9.78 Å². The van der Waals surface area contributed by atoms with E-state index in [9.17, 15) is 0 Å². The molecular formula is C16H27BN2O4. The molecular weight excluding hydrogens is 295 g/mol. The van der Waals surface area contributed by atoms with E-state index in [-0.39, 0.29) is 16.8 Å². The maximum atomic E-state index is 6.06. The molecule has 2 fully saturated rings. The molecule has 0 N–H and O–H groups in total. The summed E-state index contributed by atoms with van der Waals surface area (Å²) in [5, 5.41) is 4.43. The fourth-order valence-corrected chi connectivity index (χ4v) is 2.97. The lowest BCUT2D eigenvalue weighted by Gasteiger charge is -2.32. The first-order valence-corrected chi connectivity index (χ1v) is 8.14. The minimum atomic E-state index is -0.545. The number of ether oxygens (including phenoxy) is 2. The van der Waals surface area contributed by atoms with Gasteiger partial charge < -0.3 is 18.8 Å². The highest BCUT2D eigenvalue weighted by atomic mass is 16.8. The Morgan fingerprint density at radius 2 is 1.70 bits per heavy atom. The highest BCUT2D eigenvalue weighted by Crippen LogP contribution is 2.36. The SMILES string of the molecule is CC1(Cn2cc(B3OC(C)(C)C(C)(C)O3)cn2)COC(C)(C)O1. The van der Waals surface area contributed by atoms with Crippen molar-refractivity contribution in [2.45, 2.75) is 77.6 Å². The second-order valence-electron chi connectivity index (χ2n) is 8.30. The van der Waals surface area contributed by atoms with Gasteiger partial charge >= 0.3 is 7.12 Å². The van der Waals surface area contributed by atoms with Crippen LogP contribution in [0.4, 0.5) is 0 Å². The molecule has 1 aromatic rings. The van der Waals surface area contributed by atoms with Crippen molar-refractivity contribution >= 4 is 12.6 Å². The Hall–Kier alpha value is -0.885. The molecule has 0 radical (unpaired) electrons. The van der Waals surface area contributed by atoms with Crippen LogP contribution in [0.2, 0.25) is 0 Å². The van der Waals surface area contributed by atoms with Gasteiger partial charge in [-0.2, -0.15) is 5.10 Å². The fraction of sp³-hybridized carbons (Fsp3) is 0.812. The molecule has 2 aliphatic rings. The van der Waals surface area contributed by atoms with Crippen LogP contribution in [0.1, 0.15) is 48.5 Å². The van der Waals surface area contributed by atoms with Gasteiger partial charge in [-0.25, -0.2) is 0 Å². The van der Waals surface area contributed by atoms with Gasteiger partial charge in [0.25, 0.3) is 0 Å². The molecule has 0 aromatic carbocycles. The first-order chi connectivity index (χ1) is 10.4. The molecule has 2 saturated heterocycles. The maximum Gasteiger partial charge on any atom is 0.498 e. The van der Waals surface area contributed by atoms with Crippen molar-refractivity contribution in [2.24, 2.45) is 0 Å². The smallest absolute Gasteiger partial charge is 0.399 e. The van der Waals surface area contributed by atoms with Crippen molar-refractivity contribution in [3.8, 4) is 0 Å². The van der Waals surface area contributed by atoms with Gasteiger partial charge in [-0.05, 0) is 48.5 Å². The summed E-state index contributed by atoms with van der Waals surface area (Å²) in [7, 11) is -0.390. The Morgan fingerprint density at radius 3 is 2.22 bits per heavy atom. The summed E-state index contributed by atoms with van der Waals surface area (Å²) in [4.78, 5) is 0. The van der Waals surface area contributed by atoms with E-state index in [4.69, 9.17) is 18.8 Å². The molecule has 1 atom stereocenters. The average molecular weight is 322 g/mol. The van der Waals surface area contributed by atoms with Crippen molar-refractivity contribution in [1.29, 1.82) is 0 Å². The molecule has 0 bridgehead atoms. The predicted octanol–water partition coefficient (Wildman–Crippen LogP) is 1.72. The van der Waals surface area contributed by atoms with Crippen LogP contribution in [0.15, 0.2) is 12.4 Å². The van der Waals surface area contributed by atoms with Gasteiger partial charge in [-0.1, -0.05) is 0 Å². The number of nitrogens with zero attached hydrogens (tertiary/aromatic N) is 2. The van der Waals surface area contributed by atoms with Crippen LogP contribution >= 0.6 is 0 Å². The van der Waals surface area contributed by atoms with E-state index in [1.54, 1.807) is 6.20 Å². The van der Waals surface area contributed by atoms with Gasteiger partial charge in [0.2, 0.25) is 0 Å². The van der Waals surface area contributed by atoms with Crippen molar-refractivity contribution in [2.75, 3.05) is 6.61 Å². The summed E-state index contributed by atoms with van der Waals surface area (Å²) in [6.45, 7) is 15.2. The van der Waals surface area contributed by atoms with Crippen molar-refractivity contribution < 1.29 is 18.8 Å². The molecule has 128 valence electrons. The van der Waals surface area contributed by atoms with Crippen LogP contribution in [0.3, 0.4) is 0 Å². The molecule has 6 nitrogen and oxygen atoms in total. The van der Waals surface area contributed by atoms with Crippen LogP contribution in [-0.2, 0) is 25.3 Å². The summed E-state index contributed by atoms with van der Waals surface area (Å²) < 4.78 is 25.7. The molecule has 1 aromatic heterocycles. The monoisotopic (exact) mass is 322 g/mol. The minimum Gasteiger partial charge on any atom is -0.399 e. The number of rotatable bonds is 3. The lowest BCUT2D eigenvalue weighted by atomic mass is 9.82. The van der Waals surface area contributed by atoms with Crippen LogP contribution in [-0.4, -0.2) is 46.1 Å². The molecule has 0 aliphatic carbocycles. The number of hydrogen-bond donors (Lipinski definition) is 0. The quantitative estimate of drug-likeness (QED) is 0.793. The Kier molecular flexibility index (Phi) is 3.73. The zero-order valence-corrected chi connectivity index (χ0v) is 15.2. The maximum absolute atomic E-state index is 6.06. The van der Waals surface area contributed by atoms with Gasteiger partial charge in [-0.3, -0.25) is 4.68 Å². The van der Waals surface area contributed by atoms with Crippen molar-refractivity contribution in [3.63, 3.8) is 0 Å². The zero-order chi connectivity index (χ0) is 17.1. The van der Waals surface area contributed by atoms with E-state index in [1.807, 2.05) is 59.3 Å². The Labute approximate surface area is 138 Å². The summed E-state index contributed by atoms with van der Waals surface area (Å²) in [5.41, 5.74) is -0.163. The van der Waals surface area contributed by atoms with E-state index in [0.29, 0.717) is 13.2 Å².